The molecule has 0 heterocycles. The largest absolute Gasteiger partial charge is 0.511 e. The van der Waals surface area contributed by atoms with Crippen LogP contribution in [-0.2, 0) is 28.6 Å². The zero-order valence-electron chi connectivity index (χ0n) is 15.2. The average Bonchev–Trinajstić information content (AvgIpc) is 2.60. The molecule has 0 saturated heterocycles. The van der Waals surface area contributed by atoms with E-state index in [4.69, 9.17) is 14.7 Å². The number of esters is 1. The van der Waals surface area contributed by atoms with Crippen LogP contribution in [0.25, 0.3) is 0 Å². The van der Waals surface area contributed by atoms with Gasteiger partial charge in [-0.05, 0) is 26.7 Å². The SMILES string of the molecule is CC(C)OC(=O)OCOC(=O)[C@H]1CCCC[C@H]1C(=O)N(C)CC(=O)NO. The van der Waals surface area contributed by atoms with Gasteiger partial charge in [0.1, 0.15) is 6.54 Å². The number of nitrogens with zero attached hydrogens (tertiary/aromatic N) is 1. The molecule has 10 heteroatoms. The predicted octanol–water partition coefficient (Wildman–Crippen LogP) is 0.819. The van der Waals surface area contributed by atoms with Gasteiger partial charge in [-0.25, -0.2) is 10.3 Å². The second kappa shape index (κ2) is 10.6. The van der Waals surface area contributed by atoms with E-state index in [1.165, 1.54) is 12.5 Å². The number of hydrogen-bond donors (Lipinski definition) is 2. The first kappa shape index (κ1) is 21.7. The average molecular weight is 374 g/mol. The van der Waals surface area contributed by atoms with Crippen LogP contribution in [0.1, 0.15) is 39.5 Å². The van der Waals surface area contributed by atoms with E-state index in [0.29, 0.717) is 12.8 Å². The van der Waals surface area contributed by atoms with Gasteiger partial charge < -0.3 is 19.1 Å². The Labute approximate surface area is 151 Å². The molecule has 1 saturated carbocycles. The standard InChI is InChI=1S/C16H26N2O8/c1-10(2)26-16(22)25-9-24-15(21)12-7-5-4-6-11(12)14(20)18(3)8-13(19)17-23/h10-12,23H,4-9H2,1-3H3,(H,17,19)/t11-,12+/m1/s1. The van der Waals surface area contributed by atoms with Gasteiger partial charge in [0.05, 0.1) is 17.9 Å². The summed E-state index contributed by atoms with van der Waals surface area (Å²) in [5.41, 5.74) is 1.45. The van der Waals surface area contributed by atoms with Crippen LogP contribution < -0.4 is 5.48 Å². The molecule has 0 radical (unpaired) electrons. The van der Waals surface area contributed by atoms with Crippen molar-refractivity contribution in [2.45, 2.75) is 45.6 Å². The van der Waals surface area contributed by atoms with E-state index in [0.717, 1.165) is 17.7 Å². The molecule has 2 N–H and O–H groups in total. The lowest BCUT2D eigenvalue weighted by Crippen LogP contribution is -2.44. The molecule has 0 aliphatic heterocycles. The third-order valence-corrected chi connectivity index (χ3v) is 3.98. The van der Waals surface area contributed by atoms with Gasteiger partial charge in [-0.15, -0.1) is 0 Å². The maximum absolute atomic E-state index is 12.5. The quantitative estimate of drug-likeness (QED) is 0.290. The molecule has 1 aliphatic carbocycles. The number of nitrogens with one attached hydrogen (secondary N) is 1. The lowest BCUT2D eigenvalue weighted by atomic mass is 9.78. The van der Waals surface area contributed by atoms with Crippen molar-refractivity contribution in [1.82, 2.24) is 10.4 Å². The van der Waals surface area contributed by atoms with E-state index in [1.807, 2.05) is 0 Å². The van der Waals surface area contributed by atoms with Gasteiger partial charge in [0, 0.05) is 7.05 Å². The van der Waals surface area contributed by atoms with Crippen molar-refractivity contribution < 1.29 is 38.6 Å². The highest BCUT2D eigenvalue weighted by atomic mass is 16.8. The number of carbonyl (C=O) groups excluding carboxylic acids is 4. The summed E-state index contributed by atoms with van der Waals surface area (Å²) in [4.78, 5) is 48.4. The fourth-order valence-electron chi connectivity index (χ4n) is 2.79. The molecule has 1 rings (SSSR count). The Bertz CT molecular complexity index is 522. The van der Waals surface area contributed by atoms with Gasteiger partial charge in [0.25, 0.3) is 5.91 Å². The van der Waals surface area contributed by atoms with E-state index >= 15 is 0 Å². The number of ether oxygens (including phenoxy) is 3. The van der Waals surface area contributed by atoms with Crippen molar-refractivity contribution in [2.75, 3.05) is 20.4 Å². The number of amides is 2. The molecule has 2 amide bonds. The predicted molar refractivity (Wildman–Crippen MR) is 86.7 cm³/mol. The Morgan fingerprint density at radius 3 is 2.31 bits per heavy atom. The van der Waals surface area contributed by atoms with Crippen LogP contribution in [0, 0.1) is 11.8 Å². The fraction of sp³-hybridized carbons (Fsp3) is 0.750. The van der Waals surface area contributed by atoms with Crippen molar-refractivity contribution in [2.24, 2.45) is 11.8 Å². The second-order valence-corrected chi connectivity index (χ2v) is 6.37. The van der Waals surface area contributed by atoms with Crippen LogP contribution in [-0.4, -0.2) is 60.5 Å². The highest BCUT2D eigenvalue weighted by Gasteiger charge is 2.38. The van der Waals surface area contributed by atoms with E-state index < -0.39 is 36.7 Å². The van der Waals surface area contributed by atoms with E-state index in [-0.39, 0.29) is 18.6 Å². The minimum absolute atomic E-state index is 0.322. The van der Waals surface area contributed by atoms with Crippen molar-refractivity contribution in [3.05, 3.63) is 0 Å². The molecule has 1 fully saturated rings. The number of hydroxylamine groups is 1. The van der Waals surface area contributed by atoms with Crippen LogP contribution >= 0.6 is 0 Å². The molecule has 0 spiro atoms. The van der Waals surface area contributed by atoms with E-state index in [2.05, 4.69) is 4.74 Å². The summed E-state index contributed by atoms with van der Waals surface area (Å²) >= 11 is 0. The normalized spacial score (nSPS) is 19.4. The molecule has 0 unspecified atom stereocenters. The fourth-order valence-corrected chi connectivity index (χ4v) is 2.79. The molecule has 26 heavy (non-hydrogen) atoms. The van der Waals surface area contributed by atoms with Crippen LogP contribution in [0.15, 0.2) is 0 Å². The van der Waals surface area contributed by atoms with Gasteiger partial charge in [-0.1, -0.05) is 12.8 Å². The molecule has 148 valence electrons. The Balaban J connectivity index is 2.58. The summed E-state index contributed by atoms with van der Waals surface area (Å²) in [6, 6.07) is 0. The Kier molecular flexibility index (Phi) is 8.83. The molecule has 10 nitrogen and oxygen atoms in total. The van der Waals surface area contributed by atoms with Crippen LogP contribution in [0.2, 0.25) is 0 Å². The molecular formula is C16H26N2O8. The molecule has 0 aromatic carbocycles. The van der Waals surface area contributed by atoms with Crippen LogP contribution in [0.5, 0.6) is 0 Å². The van der Waals surface area contributed by atoms with Crippen molar-refractivity contribution in [1.29, 1.82) is 0 Å². The third-order valence-electron chi connectivity index (χ3n) is 3.98. The van der Waals surface area contributed by atoms with Crippen molar-refractivity contribution >= 4 is 23.9 Å². The number of carbonyl (C=O) groups is 4. The van der Waals surface area contributed by atoms with Gasteiger partial charge in [-0.2, -0.15) is 0 Å². The molecule has 0 aromatic rings. The van der Waals surface area contributed by atoms with Gasteiger partial charge in [0.15, 0.2) is 0 Å². The lowest BCUT2D eigenvalue weighted by molar-refractivity contribution is -0.165. The highest BCUT2D eigenvalue weighted by molar-refractivity contribution is 5.88. The zero-order valence-corrected chi connectivity index (χ0v) is 15.2. The first-order valence-corrected chi connectivity index (χ1v) is 8.44. The molecule has 0 bridgehead atoms. The van der Waals surface area contributed by atoms with Gasteiger partial charge in [-0.3, -0.25) is 19.6 Å². The van der Waals surface area contributed by atoms with Crippen LogP contribution in [0.4, 0.5) is 4.79 Å². The summed E-state index contributed by atoms with van der Waals surface area (Å²) in [6.07, 6.45) is 1.19. The first-order chi connectivity index (χ1) is 12.3. The summed E-state index contributed by atoms with van der Waals surface area (Å²) in [6.45, 7) is 2.39. The van der Waals surface area contributed by atoms with Crippen LogP contribution in [0.3, 0.4) is 0 Å². The van der Waals surface area contributed by atoms with E-state index in [1.54, 1.807) is 13.8 Å². The maximum atomic E-state index is 12.5. The summed E-state index contributed by atoms with van der Waals surface area (Å²) < 4.78 is 14.3. The number of hydrogen-bond acceptors (Lipinski definition) is 8. The van der Waals surface area contributed by atoms with Crippen molar-refractivity contribution in [3.63, 3.8) is 0 Å². The van der Waals surface area contributed by atoms with E-state index in [9.17, 15) is 19.2 Å². The zero-order chi connectivity index (χ0) is 19.7. The molecule has 1 aliphatic rings. The molecule has 2 atom stereocenters. The monoisotopic (exact) mass is 374 g/mol. The Hall–Kier alpha value is -2.36. The minimum Gasteiger partial charge on any atom is -0.431 e. The number of rotatable bonds is 7. The minimum atomic E-state index is -0.946. The third kappa shape index (κ3) is 6.87. The Morgan fingerprint density at radius 2 is 1.73 bits per heavy atom. The molecular weight excluding hydrogens is 348 g/mol. The highest BCUT2D eigenvalue weighted by Crippen LogP contribution is 2.32. The van der Waals surface area contributed by atoms with Gasteiger partial charge >= 0.3 is 12.1 Å². The molecule has 0 aromatic heterocycles. The Morgan fingerprint density at radius 1 is 1.12 bits per heavy atom. The lowest BCUT2D eigenvalue weighted by Gasteiger charge is -2.31. The van der Waals surface area contributed by atoms with Crippen molar-refractivity contribution in [3.8, 4) is 0 Å². The second-order valence-electron chi connectivity index (χ2n) is 6.37. The smallest absolute Gasteiger partial charge is 0.431 e. The topological polar surface area (TPSA) is 131 Å². The summed E-state index contributed by atoms with van der Waals surface area (Å²) in [5, 5.41) is 8.55. The van der Waals surface area contributed by atoms with Gasteiger partial charge in [0.2, 0.25) is 12.7 Å². The maximum Gasteiger partial charge on any atom is 0.511 e. The summed E-state index contributed by atoms with van der Waals surface area (Å²) in [7, 11) is 1.42. The summed E-state index contributed by atoms with van der Waals surface area (Å²) in [5.74, 6) is -3.06. The number of likely N-dealkylation sites (N-methyl/N-ethyl adjacent to an activating group) is 1. The first-order valence-electron chi connectivity index (χ1n) is 8.44.